The molecule has 2 nitrogen and oxygen atoms in total. The summed E-state index contributed by atoms with van der Waals surface area (Å²) >= 11 is 1.28. The van der Waals surface area contributed by atoms with Gasteiger partial charge < -0.3 is 5.32 Å². The van der Waals surface area contributed by atoms with Gasteiger partial charge in [-0.05, 0) is 5.56 Å². The molecule has 1 aromatic rings. The Morgan fingerprint density at radius 3 is 2.63 bits per heavy atom. The maximum Gasteiger partial charge on any atom is 0.324 e. The molecule has 1 atom stereocenters. The van der Waals surface area contributed by atoms with Gasteiger partial charge in [-0.3, -0.25) is 4.99 Å². The van der Waals surface area contributed by atoms with Crippen molar-refractivity contribution in [3.8, 4) is 0 Å². The van der Waals surface area contributed by atoms with Crippen molar-refractivity contribution < 1.29 is 17.6 Å². The lowest BCUT2D eigenvalue weighted by Crippen LogP contribution is -2.40. The van der Waals surface area contributed by atoms with E-state index in [4.69, 9.17) is 0 Å². The smallest absolute Gasteiger partial charge is 0.324 e. The first-order chi connectivity index (χ1) is 8.99. The molecule has 0 bridgehead atoms. The molecule has 7 heteroatoms. The molecule has 19 heavy (non-hydrogen) atoms. The van der Waals surface area contributed by atoms with Gasteiger partial charge in [-0.15, -0.1) is 0 Å². The molecule has 0 aliphatic carbocycles. The molecule has 1 aliphatic heterocycles. The van der Waals surface area contributed by atoms with Crippen LogP contribution in [0.4, 0.5) is 17.6 Å². The van der Waals surface area contributed by atoms with E-state index >= 15 is 0 Å². The SMILES string of the molecule is FC(F)C(F)(F)CNC1=NCC(c2ccccc2)S1. The highest BCUT2D eigenvalue weighted by Gasteiger charge is 2.41. The predicted molar refractivity (Wildman–Crippen MR) is 68.0 cm³/mol. The molecule has 0 spiro atoms. The fourth-order valence-corrected chi connectivity index (χ4v) is 2.60. The van der Waals surface area contributed by atoms with Gasteiger partial charge in [0.2, 0.25) is 0 Å². The minimum atomic E-state index is -4.03. The largest absolute Gasteiger partial charge is 0.359 e. The van der Waals surface area contributed by atoms with Gasteiger partial charge in [-0.2, -0.15) is 8.78 Å². The fraction of sp³-hybridized carbons (Fsp3) is 0.417. The van der Waals surface area contributed by atoms with Crippen molar-refractivity contribution >= 4 is 16.9 Å². The lowest BCUT2D eigenvalue weighted by Gasteiger charge is -2.16. The van der Waals surface area contributed by atoms with Crippen LogP contribution in [0.1, 0.15) is 10.8 Å². The Morgan fingerprint density at radius 2 is 2.00 bits per heavy atom. The second kappa shape index (κ2) is 5.81. The highest BCUT2D eigenvalue weighted by atomic mass is 32.2. The minimum absolute atomic E-state index is 0.0453. The molecule has 1 N–H and O–H groups in total. The number of nitrogens with one attached hydrogen (secondary N) is 1. The van der Waals surface area contributed by atoms with Crippen LogP contribution < -0.4 is 5.32 Å². The van der Waals surface area contributed by atoms with Crippen LogP contribution in [0, 0.1) is 0 Å². The molecule has 1 aromatic carbocycles. The first-order valence-corrected chi connectivity index (χ1v) is 6.53. The van der Waals surface area contributed by atoms with E-state index in [1.165, 1.54) is 11.8 Å². The maximum absolute atomic E-state index is 12.7. The number of aliphatic imine (C=N–C) groups is 1. The van der Waals surface area contributed by atoms with Crippen molar-refractivity contribution in [2.75, 3.05) is 13.1 Å². The second-order valence-corrected chi connectivity index (χ2v) is 5.27. The highest BCUT2D eigenvalue weighted by Crippen LogP contribution is 2.34. The quantitative estimate of drug-likeness (QED) is 0.861. The number of halogens is 4. The lowest BCUT2D eigenvalue weighted by molar-refractivity contribution is -0.122. The number of thioether (sulfide) groups is 1. The van der Waals surface area contributed by atoms with Crippen molar-refractivity contribution in [1.29, 1.82) is 0 Å². The summed E-state index contributed by atoms with van der Waals surface area (Å²) in [5.41, 5.74) is 1.04. The number of rotatable bonds is 4. The van der Waals surface area contributed by atoms with Gasteiger partial charge in [-0.25, -0.2) is 8.78 Å². The average Bonchev–Trinajstić information content (AvgIpc) is 2.86. The topological polar surface area (TPSA) is 24.4 Å². The van der Waals surface area contributed by atoms with Crippen LogP contribution in [-0.4, -0.2) is 30.6 Å². The molecule has 1 heterocycles. The lowest BCUT2D eigenvalue weighted by atomic mass is 10.1. The molecule has 0 amide bonds. The summed E-state index contributed by atoms with van der Waals surface area (Å²) < 4.78 is 49.5. The molecule has 0 fully saturated rings. The molecular formula is C12H12F4N2S. The van der Waals surface area contributed by atoms with Crippen molar-refractivity contribution in [2.24, 2.45) is 4.99 Å². The number of benzene rings is 1. The van der Waals surface area contributed by atoms with Crippen LogP contribution in [0.25, 0.3) is 0 Å². The zero-order valence-electron chi connectivity index (χ0n) is 9.82. The summed E-state index contributed by atoms with van der Waals surface area (Å²) in [5, 5.41) is 2.62. The number of nitrogens with zero attached hydrogens (tertiary/aromatic N) is 1. The van der Waals surface area contributed by atoms with E-state index in [1.54, 1.807) is 0 Å². The zero-order chi connectivity index (χ0) is 13.9. The van der Waals surface area contributed by atoms with Gasteiger partial charge in [0.05, 0.1) is 18.3 Å². The van der Waals surface area contributed by atoms with Crippen molar-refractivity contribution in [3.05, 3.63) is 35.9 Å². The highest BCUT2D eigenvalue weighted by molar-refractivity contribution is 8.14. The van der Waals surface area contributed by atoms with Gasteiger partial charge in [-0.1, -0.05) is 42.1 Å². The third-order valence-electron chi connectivity index (χ3n) is 2.62. The van der Waals surface area contributed by atoms with E-state index in [9.17, 15) is 17.6 Å². The van der Waals surface area contributed by atoms with Crippen LogP contribution in [0.3, 0.4) is 0 Å². The molecule has 0 saturated carbocycles. The van der Waals surface area contributed by atoms with Gasteiger partial charge >= 0.3 is 12.3 Å². The van der Waals surface area contributed by atoms with Crippen molar-refractivity contribution in [1.82, 2.24) is 5.32 Å². The molecule has 104 valence electrons. The Labute approximate surface area is 112 Å². The minimum Gasteiger partial charge on any atom is -0.359 e. The van der Waals surface area contributed by atoms with Crippen LogP contribution in [0.15, 0.2) is 35.3 Å². The molecular weight excluding hydrogens is 280 g/mol. The monoisotopic (exact) mass is 292 g/mol. The Balaban J connectivity index is 1.86. The summed E-state index contributed by atoms with van der Waals surface area (Å²) in [7, 11) is 0. The average molecular weight is 292 g/mol. The van der Waals surface area contributed by atoms with Gasteiger partial charge in [0.25, 0.3) is 0 Å². The fourth-order valence-electron chi connectivity index (χ4n) is 1.58. The molecule has 1 aliphatic rings. The third-order valence-corrected chi connectivity index (χ3v) is 3.82. The predicted octanol–water partition coefficient (Wildman–Crippen LogP) is 3.32. The van der Waals surface area contributed by atoms with Crippen LogP contribution in [-0.2, 0) is 0 Å². The Hall–Kier alpha value is -1.24. The number of hydrogen-bond donors (Lipinski definition) is 1. The Bertz CT molecular complexity index is 450. The molecule has 0 saturated heterocycles. The van der Waals surface area contributed by atoms with E-state index < -0.39 is 18.9 Å². The standard InChI is InChI=1S/C12H12F4N2S/c13-10(14)12(15,16)7-18-11-17-6-9(19-11)8-4-2-1-3-5-8/h1-5,9-10H,6-7H2,(H,17,18). The zero-order valence-corrected chi connectivity index (χ0v) is 10.6. The number of alkyl halides is 4. The molecule has 0 aromatic heterocycles. The van der Waals surface area contributed by atoms with Gasteiger partial charge in [0, 0.05) is 0 Å². The first kappa shape index (κ1) is 14.2. The van der Waals surface area contributed by atoms with E-state index in [0.29, 0.717) is 6.54 Å². The summed E-state index contributed by atoms with van der Waals surface area (Å²) in [6.45, 7) is -0.644. The van der Waals surface area contributed by atoms with E-state index in [-0.39, 0.29) is 10.4 Å². The maximum atomic E-state index is 12.7. The van der Waals surface area contributed by atoms with Gasteiger partial charge in [0.15, 0.2) is 5.17 Å². The Morgan fingerprint density at radius 1 is 1.32 bits per heavy atom. The molecule has 1 unspecified atom stereocenters. The van der Waals surface area contributed by atoms with Crippen LogP contribution in [0.5, 0.6) is 0 Å². The normalized spacial score (nSPS) is 19.6. The molecule has 2 rings (SSSR count). The van der Waals surface area contributed by atoms with Crippen LogP contribution >= 0.6 is 11.8 Å². The van der Waals surface area contributed by atoms with Crippen molar-refractivity contribution in [3.63, 3.8) is 0 Å². The molecule has 0 radical (unpaired) electrons. The first-order valence-electron chi connectivity index (χ1n) is 5.65. The summed E-state index contributed by atoms with van der Waals surface area (Å²) in [6.07, 6.45) is -3.67. The van der Waals surface area contributed by atoms with E-state index in [2.05, 4.69) is 10.3 Å². The summed E-state index contributed by atoms with van der Waals surface area (Å²) in [4.78, 5) is 4.05. The Kier molecular flexibility index (Phi) is 4.34. The third kappa shape index (κ3) is 3.62. The number of amidine groups is 1. The second-order valence-electron chi connectivity index (χ2n) is 4.08. The van der Waals surface area contributed by atoms with E-state index in [0.717, 1.165) is 5.56 Å². The summed E-state index contributed by atoms with van der Waals surface area (Å²) in [5.74, 6) is -4.03. The van der Waals surface area contributed by atoms with E-state index in [1.807, 2.05) is 30.3 Å². The van der Waals surface area contributed by atoms with Crippen molar-refractivity contribution in [2.45, 2.75) is 17.6 Å². The number of hydrogen-bond acceptors (Lipinski definition) is 3. The van der Waals surface area contributed by atoms with Crippen LogP contribution in [0.2, 0.25) is 0 Å². The van der Waals surface area contributed by atoms with Gasteiger partial charge in [0.1, 0.15) is 0 Å². The summed E-state index contributed by atoms with van der Waals surface area (Å²) in [6, 6.07) is 9.48.